The Kier molecular flexibility index (Phi) is 5.61. The second kappa shape index (κ2) is 8.32. The maximum atomic E-state index is 12.7. The molecule has 1 aliphatic rings. The summed E-state index contributed by atoms with van der Waals surface area (Å²) in [5.41, 5.74) is 1.25. The molecule has 2 aromatic carbocycles. The average Bonchev–Trinajstić information content (AvgIpc) is 3.28. The summed E-state index contributed by atoms with van der Waals surface area (Å²) in [6.07, 6.45) is -1.22. The molecule has 0 spiro atoms. The van der Waals surface area contributed by atoms with Crippen LogP contribution in [0.3, 0.4) is 0 Å². The van der Waals surface area contributed by atoms with E-state index in [1.54, 1.807) is 41.7 Å². The van der Waals surface area contributed by atoms with Crippen molar-refractivity contribution in [3.8, 4) is 0 Å². The summed E-state index contributed by atoms with van der Waals surface area (Å²) in [5, 5.41) is -0.273. The number of benzene rings is 2. The third-order valence-corrected chi connectivity index (χ3v) is 6.30. The van der Waals surface area contributed by atoms with E-state index in [0.29, 0.717) is 23.9 Å². The first-order valence-corrected chi connectivity index (χ1v) is 10.5. The highest BCUT2D eigenvalue weighted by atomic mass is 32.2. The number of hydrogen-bond donors (Lipinski definition) is 0. The van der Waals surface area contributed by atoms with Crippen LogP contribution >= 0.6 is 23.1 Å². The zero-order valence-electron chi connectivity index (χ0n) is 15.5. The molecule has 0 bridgehead atoms. The van der Waals surface area contributed by atoms with Crippen molar-refractivity contribution in [2.24, 2.45) is 0 Å². The number of carbonyl (C=O) groups is 3. The van der Waals surface area contributed by atoms with Gasteiger partial charge in [-0.05, 0) is 24.3 Å². The minimum absolute atomic E-state index is 0.162. The number of nitrogens with zero attached hydrogens (tertiary/aromatic N) is 3. The molecule has 7 nitrogen and oxygen atoms in total. The number of anilines is 1. The molecular formula is C20H17N3O4S2. The summed E-state index contributed by atoms with van der Waals surface area (Å²) in [7, 11) is 1.88. The van der Waals surface area contributed by atoms with Crippen molar-refractivity contribution in [3.05, 3.63) is 60.2 Å². The second-order valence-corrected chi connectivity index (χ2v) is 8.30. The Hall–Kier alpha value is -2.75. The van der Waals surface area contributed by atoms with Gasteiger partial charge in [-0.2, -0.15) is 0 Å². The molecule has 9 heteroatoms. The molecule has 0 saturated carbocycles. The van der Waals surface area contributed by atoms with Gasteiger partial charge >= 0.3 is 0 Å². The lowest BCUT2D eigenvalue weighted by atomic mass is 10.2. The summed E-state index contributed by atoms with van der Waals surface area (Å²) < 4.78 is 6.74. The maximum Gasteiger partial charge on any atom is 0.298 e. The van der Waals surface area contributed by atoms with Gasteiger partial charge in [0.2, 0.25) is 11.3 Å². The van der Waals surface area contributed by atoms with Crippen LogP contribution in [0.5, 0.6) is 0 Å². The van der Waals surface area contributed by atoms with Crippen LogP contribution in [0.15, 0.2) is 54.6 Å². The number of thiazole rings is 1. The van der Waals surface area contributed by atoms with Crippen LogP contribution < -0.4 is 4.90 Å². The molecule has 0 radical (unpaired) electrons. The Morgan fingerprint density at radius 2 is 1.86 bits per heavy atom. The first-order valence-electron chi connectivity index (χ1n) is 8.87. The summed E-state index contributed by atoms with van der Waals surface area (Å²) >= 11 is 2.06. The van der Waals surface area contributed by atoms with E-state index in [1.807, 2.05) is 36.2 Å². The van der Waals surface area contributed by atoms with Gasteiger partial charge in [-0.1, -0.05) is 41.7 Å². The lowest BCUT2D eigenvalue weighted by molar-refractivity contribution is -0.126. The number of para-hydroxylation sites is 1. The number of imide groups is 1. The Morgan fingerprint density at radius 1 is 1.14 bits per heavy atom. The van der Waals surface area contributed by atoms with Crippen LogP contribution in [0.25, 0.3) is 10.2 Å². The molecule has 1 atom stereocenters. The number of carbonyl (C=O) groups excluding carboxylic acids is 3. The minimum atomic E-state index is -1.22. The zero-order valence-corrected chi connectivity index (χ0v) is 17.1. The number of thioether (sulfide) groups is 1. The van der Waals surface area contributed by atoms with Gasteiger partial charge < -0.3 is 9.64 Å². The molecule has 148 valence electrons. The smallest absolute Gasteiger partial charge is 0.298 e. The molecule has 1 fully saturated rings. The third-order valence-electron chi connectivity index (χ3n) is 4.37. The van der Waals surface area contributed by atoms with Gasteiger partial charge in [0.05, 0.1) is 16.8 Å². The van der Waals surface area contributed by atoms with Crippen molar-refractivity contribution in [1.29, 1.82) is 0 Å². The van der Waals surface area contributed by atoms with Crippen LogP contribution in [0, 0.1) is 0 Å². The van der Waals surface area contributed by atoms with E-state index in [9.17, 15) is 14.4 Å². The fourth-order valence-electron chi connectivity index (χ4n) is 2.86. The van der Waals surface area contributed by atoms with Gasteiger partial charge in [0.25, 0.3) is 11.1 Å². The summed E-state index contributed by atoms with van der Waals surface area (Å²) in [5.74, 6) is -0.543. The van der Waals surface area contributed by atoms with E-state index in [4.69, 9.17) is 4.74 Å². The summed E-state index contributed by atoms with van der Waals surface area (Å²) in [6.45, 7) is 0.616. The van der Waals surface area contributed by atoms with E-state index in [1.165, 1.54) is 0 Å². The predicted molar refractivity (Wildman–Crippen MR) is 113 cm³/mol. The summed E-state index contributed by atoms with van der Waals surface area (Å²) in [4.78, 5) is 44.4. The van der Waals surface area contributed by atoms with Gasteiger partial charge in [-0.15, -0.1) is 0 Å². The number of ether oxygens (including phenoxy) is 1. The van der Waals surface area contributed by atoms with Crippen molar-refractivity contribution in [2.45, 2.75) is 6.23 Å². The van der Waals surface area contributed by atoms with Gasteiger partial charge in [-0.25, -0.2) is 9.88 Å². The van der Waals surface area contributed by atoms with E-state index in [2.05, 4.69) is 4.98 Å². The van der Waals surface area contributed by atoms with Gasteiger partial charge in [0.15, 0.2) is 5.13 Å². The zero-order chi connectivity index (χ0) is 20.4. The monoisotopic (exact) mass is 427 g/mol. The van der Waals surface area contributed by atoms with E-state index in [-0.39, 0.29) is 6.61 Å². The quantitative estimate of drug-likeness (QED) is 0.594. The van der Waals surface area contributed by atoms with E-state index < -0.39 is 22.5 Å². The Morgan fingerprint density at radius 3 is 2.62 bits per heavy atom. The molecular weight excluding hydrogens is 410 g/mol. The van der Waals surface area contributed by atoms with Crippen molar-refractivity contribution in [3.63, 3.8) is 0 Å². The molecule has 0 aliphatic carbocycles. The Bertz CT molecular complexity index is 1040. The third kappa shape index (κ3) is 4.02. The van der Waals surface area contributed by atoms with Crippen molar-refractivity contribution < 1.29 is 19.1 Å². The Balaban J connectivity index is 1.41. The highest BCUT2D eigenvalue weighted by molar-refractivity contribution is 8.26. The fourth-order valence-corrected chi connectivity index (χ4v) is 4.53. The van der Waals surface area contributed by atoms with Gasteiger partial charge in [0, 0.05) is 30.9 Å². The van der Waals surface area contributed by atoms with Crippen LogP contribution in [0.1, 0.15) is 10.4 Å². The number of rotatable bonds is 6. The molecule has 0 N–H and O–H groups in total. The molecule has 2 amide bonds. The van der Waals surface area contributed by atoms with Crippen LogP contribution in [-0.4, -0.2) is 52.6 Å². The second-order valence-electron chi connectivity index (χ2n) is 6.34. The molecule has 3 aromatic rings. The van der Waals surface area contributed by atoms with Crippen molar-refractivity contribution >= 4 is 54.7 Å². The lowest BCUT2D eigenvalue weighted by Crippen LogP contribution is -2.42. The normalized spacial score (nSPS) is 16.6. The first kappa shape index (κ1) is 19.6. The minimum Gasteiger partial charge on any atom is -0.349 e. The van der Waals surface area contributed by atoms with Crippen LogP contribution in [0.2, 0.25) is 0 Å². The first-order chi connectivity index (χ1) is 14.0. The van der Waals surface area contributed by atoms with Crippen molar-refractivity contribution in [1.82, 2.24) is 9.88 Å². The number of fused-ring (bicyclic) bond motifs is 1. The molecule has 1 saturated heterocycles. The van der Waals surface area contributed by atoms with Crippen LogP contribution in [0.4, 0.5) is 9.93 Å². The maximum absolute atomic E-state index is 12.7. The molecule has 1 unspecified atom stereocenters. The molecule has 2 heterocycles. The number of hydrogen-bond acceptors (Lipinski definition) is 8. The van der Waals surface area contributed by atoms with Crippen molar-refractivity contribution in [2.75, 3.05) is 25.1 Å². The fraction of sp³-hybridized carbons (Fsp3) is 0.200. The highest BCUT2D eigenvalue weighted by Crippen LogP contribution is 2.29. The van der Waals surface area contributed by atoms with E-state index in [0.717, 1.165) is 20.2 Å². The topological polar surface area (TPSA) is 79.8 Å². The molecule has 1 aromatic heterocycles. The van der Waals surface area contributed by atoms with Crippen LogP contribution in [-0.2, 0) is 9.53 Å². The predicted octanol–water partition coefficient (Wildman–Crippen LogP) is 3.61. The SMILES string of the molecule is CN(CCOC1C(=O)SC(=O)N1C(=O)c1ccccc1)c1nc2ccccc2s1. The molecule has 1 aliphatic heterocycles. The van der Waals surface area contributed by atoms with Gasteiger partial charge in [-0.3, -0.25) is 14.4 Å². The standard InChI is InChI=1S/C20H17N3O4S2/c1-22(19-21-14-9-5-6-10-15(14)28-19)11-12-27-17-18(25)29-20(26)23(17)16(24)13-7-3-2-4-8-13/h2-10,17H,11-12H2,1H3. The summed E-state index contributed by atoms with van der Waals surface area (Å²) in [6, 6.07) is 16.2. The highest BCUT2D eigenvalue weighted by Gasteiger charge is 2.44. The number of amides is 2. The average molecular weight is 428 g/mol. The molecule has 4 rings (SSSR count). The lowest BCUT2D eigenvalue weighted by Gasteiger charge is -2.22. The molecule has 29 heavy (non-hydrogen) atoms. The number of aromatic nitrogens is 1. The largest absolute Gasteiger partial charge is 0.349 e. The van der Waals surface area contributed by atoms with E-state index >= 15 is 0 Å². The number of likely N-dealkylation sites (N-methyl/N-ethyl adjacent to an activating group) is 1. The Labute approximate surface area is 175 Å². The van der Waals surface area contributed by atoms with Gasteiger partial charge in [0.1, 0.15) is 0 Å².